The van der Waals surface area contributed by atoms with Gasteiger partial charge < -0.3 is 9.47 Å². The van der Waals surface area contributed by atoms with Crippen molar-refractivity contribution in [2.24, 2.45) is 0 Å². The molecule has 1 aromatic rings. The lowest BCUT2D eigenvalue weighted by atomic mass is 9.98. The topological polar surface area (TPSA) is 35.5 Å². The summed E-state index contributed by atoms with van der Waals surface area (Å²) in [7, 11) is 0. The maximum atomic E-state index is 11.1. The number of carbonyl (C=O) groups excluding carboxylic acids is 1. The van der Waals surface area contributed by atoms with Crippen molar-refractivity contribution >= 4 is 21.9 Å². The van der Waals surface area contributed by atoms with Crippen LogP contribution < -0.4 is 9.47 Å². The first-order chi connectivity index (χ1) is 8.65. The van der Waals surface area contributed by atoms with Crippen LogP contribution >= 0.6 is 15.9 Å². The Hall–Kier alpha value is -1.03. The van der Waals surface area contributed by atoms with Gasteiger partial charge in [-0.2, -0.15) is 0 Å². The summed E-state index contributed by atoms with van der Waals surface area (Å²) >= 11 is 3.41. The Bertz CT molecular complexity index is 425. The summed E-state index contributed by atoms with van der Waals surface area (Å²) < 4.78 is 12.0. The maximum absolute atomic E-state index is 11.1. The van der Waals surface area contributed by atoms with E-state index < -0.39 is 0 Å². The van der Waals surface area contributed by atoms with Crippen molar-refractivity contribution in [1.29, 1.82) is 0 Å². The van der Waals surface area contributed by atoms with E-state index in [0.717, 1.165) is 17.3 Å². The number of benzene rings is 1. The van der Waals surface area contributed by atoms with Gasteiger partial charge in [0.15, 0.2) is 11.5 Å². The summed E-state index contributed by atoms with van der Waals surface area (Å²) in [6.45, 7) is 1.40. The number of carbonyl (C=O) groups is 1. The van der Waals surface area contributed by atoms with Crippen LogP contribution in [0.5, 0.6) is 11.5 Å². The summed E-state index contributed by atoms with van der Waals surface area (Å²) in [5.41, 5.74) is 0. The van der Waals surface area contributed by atoms with Crippen molar-refractivity contribution in [2.75, 3.05) is 0 Å². The van der Waals surface area contributed by atoms with Crippen molar-refractivity contribution in [3.63, 3.8) is 0 Å². The molecule has 0 aliphatic heterocycles. The zero-order valence-electron chi connectivity index (χ0n) is 10.4. The van der Waals surface area contributed by atoms with E-state index in [1.165, 1.54) is 26.2 Å². The standard InChI is InChI=1S/C14H17BrO3/c1-10(16)17-13-8-7-11(15)9-14(13)18-12-5-3-2-4-6-12/h7-9,12H,2-6H2,1H3. The second kappa shape index (κ2) is 6.23. The molecule has 1 fully saturated rings. The highest BCUT2D eigenvalue weighted by Gasteiger charge is 2.17. The van der Waals surface area contributed by atoms with Crippen LogP contribution in [0.25, 0.3) is 0 Å². The molecule has 0 spiro atoms. The molecular formula is C14H17BrO3. The fraction of sp³-hybridized carbons (Fsp3) is 0.500. The number of esters is 1. The first-order valence-electron chi connectivity index (χ1n) is 6.30. The predicted molar refractivity (Wildman–Crippen MR) is 73.0 cm³/mol. The van der Waals surface area contributed by atoms with E-state index in [9.17, 15) is 4.79 Å². The molecule has 0 aromatic heterocycles. The Morgan fingerprint density at radius 3 is 2.61 bits per heavy atom. The molecule has 2 rings (SSSR count). The maximum Gasteiger partial charge on any atom is 0.308 e. The number of hydrogen-bond donors (Lipinski definition) is 0. The molecule has 0 saturated heterocycles. The first-order valence-corrected chi connectivity index (χ1v) is 7.09. The van der Waals surface area contributed by atoms with Gasteiger partial charge in [-0.25, -0.2) is 0 Å². The summed E-state index contributed by atoms with van der Waals surface area (Å²) in [4.78, 5) is 11.1. The van der Waals surface area contributed by atoms with Crippen LogP contribution in [0.2, 0.25) is 0 Å². The SMILES string of the molecule is CC(=O)Oc1ccc(Br)cc1OC1CCCCC1. The third kappa shape index (κ3) is 3.73. The fourth-order valence-electron chi connectivity index (χ4n) is 2.18. The van der Waals surface area contributed by atoms with E-state index in [4.69, 9.17) is 9.47 Å². The minimum absolute atomic E-state index is 0.238. The molecule has 0 radical (unpaired) electrons. The van der Waals surface area contributed by atoms with Gasteiger partial charge in [0.2, 0.25) is 0 Å². The fourth-order valence-corrected chi connectivity index (χ4v) is 2.52. The van der Waals surface area contributed by atoms with Crippen LogP contribution in [0.1, 0.15) is 39.0 Å². The normalized spacial score (nSPS) is 16.3. The number of halogens is 1. The van der Waals surface area contributed by atoms with Crippen LogP contribution in [0.3, 0.4) is 0 Å². The molecule has 0 unspecified atom stereocenters. The van der Waals surface area contributed by atoms with Gasteiger partial charge in [-0.15, -0.1) is 0 Å². The van der Waals surface area contributed by atoms with Crippen molar-refractivity contribution in [1.82, 2.24) is 0 Å². The Morgan fingerprint density at radius 1 is 1.22 bits per heavy atom. The number of ether oxygens (including phenoxy) is 2. The summed E-state index contributed by atoms with van der Waals surface area (Å²) in [5.74, 6) is 0.813. The van der Waals surface area contributed by atoms with E-state index in [-0.39, 0.29) is 12.1 Å². The van der Waals surface area contributed by atoms with E-state index in [1.807, 2.05) is 12.1 Å². The summed E-state index contributed by atoms with van der Waals surface area (Å²) in [6.07, 6.45) is 6.10. The predicted octanol–water partition coefficient (Wildman–Crippen LogP) is 4.09. The van der Waals surface area contributed by atoms with Crippen LogP contribution in [0, 0.1) is 0 Å². The lowest BCUT2D eigenvalue weighted by molar-refractivity contribution is -0.132. The lowest BCUT2D eigenvalue weighted by Crippen LogP contribution is -2.20. The van der Waals surface area contributed by atoms with Crippen LogP contribution in [0.15, 0.2) is 22.7 Å². The Kier molecular flexibility index (Phi) is 4.64. The average Bonchev–Trinajstić information content (AvgIpc) is 2.33. The highest BCUT2D eigenvalue weighted by Crippen LogP contribution is 2.33. The van der Waals surface area contributed by atoms with Crippen molar-refractivity contribution < 1.29 is 14.3 Å². The van der Waals surface area contributed by atoms with Gasteiger partial charge in [-0.05, 0) is 43.9 Å². The number of hydrogen-bond acceptors (Lipinski definition) is 3. The van der Waals surface area contributed by atoms with Crippen LogP contribution in [-0.2, 0) is 4.79 Å². The lowest BCUT2D eigenvalue weighted by Gasteiger charge is -2.24. The smallest absolute Gasteiger partial charge is 0.308 e. The third-order valence-corrected chi connectivity index (χ3v) is 3.50. The second-order valence-corrected chi connectivity index (χ2v) is 5.48. The van der Waals surface area contributed by atoms with Gasteiger partial charge in [0, 0.05) is 11.4 Å². The van der Waals surface area contributed by atoms with Crippen molar-refractivity contribution in [2.45, 2.75) is 45.1 Å². The van der Waals surface area contributed by atoms with Gasteiger partial charge in [0.1, 0.15) is 0 Å². The monoisotopic (exact) mass is 312 g/mol. The van der Waals surface area contributed by atoms with Crippen LogP contribution in [-0.4, -0.2) is 12.1 Å². The van der Waals surface area contributed by atoms with E-state index >= 15 is 0 Å². The highest BCUT2D eigenvalue weighted by molar-refractivity contribution is 9.10. The molecule has 0 N–H and O–H groups in total. The third-order valence-electron chi connectivity index (χ3n) is 3.01. The van der Waals surface area contributed by atoms with Gasteiger partial charge in [0.05, 0.1) is 6.10 Å². The largest absolute Gasteiger partial charge is 0.486 e. The molecule has 1 aliphatic carbocycles. The van der Waals surface area contributed by atoms with Crippen molar-refractivity contribution in [3.8, 4) is 11.5 Å². The second-order valence-electron chi connectivity index (χ2n) is 4.56. The van der Waals surface area contributed by atoms with Gasteiger partial charge >= 0.3 is 5.97 Å². The summed E-state index contributed by atoms with van der Waals surface area (Å²) in [5, 5.41) is 0. The van der Waals surface area contributed by atoms with E-state index in [0.29, 0.717) is 11.5 Å². The molecule has 0 bridgehead atoms. The van der Waals surface area contributed by atoms with E-state index in [1.54, 1.807) is 6.07 Å². The zero-order chi connectivity index (χ0) is 13.0. The zero-order valence-corrected chi connectivity index (χ0v) is 12.0. The average molecular weight is 313 g/mol. The molecule has 0 atom stereocenters. The molecular weight excluding hydrogens is 296 g/mol. The van der Waals surface area contributed by atoms with Crippen molar-refractivity contribution in [3.05, 3.63) is 22.7 Å². The summed E-state index contributed by atoms with van der Waals surface area (Å²) in [6, 6.07) is 5.45. The molecule has 3 nitrogen and oxygen atoms in total. The van der Waals surface area contributed by atoms with Gasteiger partial charge in [0.25, 0.3) is 0 Å². The molecule has 1 aromatic carbocycles. The molecule has 0 amide bonds. The quantitative estimate of drug-likeness (QED) is 0.623. The molecule has 1 saturated carbocycles. The minimum atomic E-state index is -0.328. The van der Waals surface area contributed by atoms with Gasteiger partial charge in [-0.3, -0.25) is 4.79 Å². The molecule has 0 heterocycles. The molecule has 98 valence electrons. The minimum Gasteiger partial charge on any atom is -0.486 e. The molecule has 4 heteroatoms. The first kappa shape index (κ1) is 13.4. The highest BCUT2D eigenvalue weighted by atomic mass is 79.9. The Morgan fingerprint density at radius 2 is 1.94 bits per heavy atom. The molecule has 18 heavy (non-hydrogen) atoms. The van der Waals surface area contributed by atoms with Gasteiger partial charge in [-0.1, -0.05) is 22.4 Å². The Labute approximate surface area is 116 Å². The molecule has 1 aliphatic rings. The van der Waals surface area contributed by atoms with Crippen LogP contribution in [0.4, 0.5) is 0 Å². The number of rotatable bonds is 3. The van der Waals surface area contributed by atoms with E-state index in [2.05, 4.69) is 15.9 Å². The Balaban J connectivity index is 2.13.